The van der Waals surface area contributed by atoms with Gasteiger partial charge in [-0.05, 0) is 31.2 Å². The number of rotatable bonds is 2. The monoisotopic (exact) mass is 153 g/mol. The first-order chi connectivity index (χ1) is 5.36. The van der Waals surface area contributed by atoms with Crippen molar-refractivity contribution in [2.24, 2.45) is 11.8 Å². The molecule has 0 aliphatic carbocycles. The molecule has 0 N–H and O–H groups in total. The molecular weight excluding hydrogens is 134 g/mol. The molecule has 0 saturated carbocycles. The summed E-state index contributed by atoms with van der Waals surface area (Å²) in [5, 5.41) is 0. The average Bonchev–Trinajstić information content (AvgIpc) is 2.60. The quantitative estimate of drug-likeness (QED) is 0.587. The van der Waals surface area contributed by atoms with Crippen molar-refractivity contribution >= 4 is 0 Å². The first-order valence-electron chi connectivity index (χ1n) is 5.10. The van der Waals surface area contributed by atoms with Gasteiger partial charge in [0.05, 0.1) is 0 Å². The summed E-state index contributed by atoms with van der Waals surface area (Å²) in [4.78, 5) is 2.71. The maximum Gasteiger partial charge on any atom is 0.0124 e. The van der Waals surface area contributed by atoms with Gasteiger partial charge in [0.25, 0.3) is 0 Å². The fourth-order valence-electron chi connectivity index (χ4n) is 3.22. The van der Waals surface area contributed by atoms with Crippen LogP contribution in [0.25, 0.3) is 0 Å². The molecule has 2 bridgehead atoms. The Hall–Kier alpha value is -0.0400. The van der Waals surface area contributed by atoms with Gasteiger partial charge in [0.15, 0.2) is 0 Å². The van der Waals surface area contributed by atoms with Crippen LogP contribution in [0.5, 0.6) is 0 Å². The summed E-state index contributed by atoms with van der Waals surface area (Å²) in [5.74, 6) is 2.10. The number of fused-ring (bicyclic) bond motifs is 2. The summed E-state index contributed by atoms with van der Waals surface area (Å²) in [6, 6.07) is 0.943. The highest BCUT2D eigenvalue weighted by Gasteiger charge is 2.43. The van der Waals surface area contributed by atoms with Crippen molar-refractivity contribution in [3.8, 4) is 0 Å². The van der Waals surface area contributed by atoms with Crippen molar-refractivity contribution in [3.05, 3.63) is 0 Å². The van der Waals surface area contributed by atoms with Gasteiger partial charge in [0, 0.05) is 12.6 Å². The molecule has 11 heavy (non-hydrogen) atoms. The average molecular weight is 153 g/mol. The van der Waals surface area contributed by atoms with Crippen LogP contribution in [-0.2, 0) is 0 Å². The van der Waals surface area contributed by atoms with Crippen molar-refractivity contribution in [2.75, 3.05) is 13.1 Å². The lowest BCUT2D eigenvalue weighted by Gasteiger charge is -2.30. The van der Waals surface area contributed by atoms with E-state index in [4.69, 9.17) is 0 Å². The lowest BCUT2D eigenvalue weighted by molar-refractivity contribution is 0.188. The van der Waals surface area contributed by atoms with Crippen molar-refractivity contribution in [1.82, 2.24) is 4.90 Å². The third-order valence-electron chi connectivity index (χ3n) is 3.71. The van der Waals surface area contributed by atoms with E-state index in [1.165, 1.54) is 32.4 Å². The minimum absolute atomic E-state index is 0.943. The van der Waals surface area contributed by atoms with Crippen LogP contribution in [0.1, 0.15) is 33.1 Å². The Morgan fingerprint density at radius 2 is 2.09 bits per heavy atom. The van der Waals surface area contributed by atoms with E-state index in [9.17, 15) is 0 Å². The molecular formula is C10H19N. The summed E-state index contributed by atoms with van der Waals surface area (Å²) in [7, 11) is 0. The van der Waals surface area contributed by atoms with Crippen molar-refractivity contribution in [2.45, 2.75) is 39.2 Å². The number of piperidine rings is 1. The highest BCUT2D eigenvalue weighted by molar-refractivity contribution is 4.96. The predicted molar refractivity (Wildman–Crippen MR) is 47.5 cm³/mol. The van der Waals surface area contributed by atoms with E-state index in [1.807, 2.05) is 0 Å². The maximum atomic E-state index is 2.71. The molecule has 1 nitrogen and oxygen atoms in total. The molecule has 4 unspecified atom stereocenters. The highest BCUT2D eigenvalue weighted by Crippen LogP contribution is 2.40. The molecule has 2 fully saturated rings. The standard InChI is InChI=1S/C10H19N/c1-3-9-8-5-6-11(7-8)10(9)4-2/h8-10H,3-7H2,1-2H3. The van der Waals surface area contributed by atoms with Gasteiger partial charge in [-0.1, -0.05) is 20.3 Å². The normalized spacial score (nSPS) is 48.5. The molecule has 2 heterocycles. The van der Waals surface area contributed by atoms with Gasteiger partial charge in [-0.25, -0.2) is 0 Å². The third-order valence-corrected chi connectivity index (χ3v) is 3.71. The minimum Gasteiger partial charge on any atom is -0.300 e. The van der Waals surface area contributed by atoms with Gasteiger partial charge in [-0.2, -0.15) is 0 Å². The maximum absolute atomic E-state index is 2.71. The Balaban J connectivity index is 2.08. The van der Waals surface area contributed by atoms with Crippen LogP contribution in [0.4, 0.5) is 0 Å². The summed E-state index contributed by atoms with van der Waals surface area (Å²) in [6.07, 6.45) is 4.25. The lowest BCUT2D eigenvalue weighted by atomic mass is 9.84. The van der Waals surface area contributed by atoms with E-state index in [0.717, 1.165) is 17.9 Å². The van der Waals surface area contributed by atoms with Crippen LogP contribution in [0, 0.1) is 11.8 Å². The molecule has 0 spiro atoms. The molecule has 1 heteroatoms. The van der Waals surface area contributed by atoms with Gasteiger partial charge < -0.3 is 0 Å². The van der Waals surface area contributed by atoms with Gasteiger partial charge in [0.1, 0.15) is 0 Å². The highest BCUT2D eigenvalue weighted by atomic mass is 15.2. The molecule has 0 amide bonds. The zero-order valence-corrected chi connectivity index (χ0v) is 7.71. The number of nitrogens with zero attached hydrogens (tertiary/aromatic N) is 1. The van der Waals surface area contributed by atoms with E-state index in [0.29, 0.717) is 0 Å². The van der Waals surface area contributed by atoms with Crippen LogP contribution < -0.4 is 0 Å². The Kier molecular flexibility index (Phi) is 1.92. The fourth-order valence-corrected chi connectivity index (χ4v) is 3.22. The molecule has 0 radical (unpaired) electrons. The van der Waals surface area contributed by atoms with Crippen molar-refractivity contribution < 1.29 is 0 Å². The van der Waals surface area contributed by atoms with Crippen LogP contribution in [0.2, 0.25) is 0 Å². The topological polar surface area (TPSA) is 3.24 Å². The Labute approximate surface area is 69.8 Å². The first-order valence-corrected chi connectivity index (χ1v) is 5.10. The van der Waals surface area contributed by atoms with Gasteiger partial charge >= 0.3 is 0 Å². The molecule has 2 rings (SSSR count). The molecule has 2 aliphatic rings. The molecule has 0 aromatic heterocycles. The molecule has 0 aromatic carbocycles. The smallest absolute Gasteiger partial charge is 0.0124 e. The van der Waals surface area contributed by atoms with Crippen LogP contribution in [-0.4, -0.2) is 24.0 Å². The fraction of sp³-hybridized carbons (Fsp3) is 1.00. The third kappa shape index (κ3) is 1.01. The Morgan fingerprint density at radius 3 is 2.64 bits per heavy atom. The Morgan fingerprint density at radius 1 is 1.27 bits per heavy atom. The second kappa shape index (κ2) is 2.78. The van der Waals surface area contributed by atoms with Crippen LogP contribution in [0.3, 0.4) is 0 Å². The summed E-state index contributed by atoms with van der Waals surface area (Å²) >= 11 is 0. The van der Waals surface area contributed by atoms with Crippen molar-refractivity contribution in [3.63, 3.8) is 0 Å². The largest absolute Gasteiger partial charge is 0.300 e. The van der Waals surface area contributed by atoms with E-state index >= 15 is 0 Å². The van der Waals surface area contributed by atoms with Gasteiger partial charge in [-0.3, -0.25) is 4.90 Å². The van der Waals surface area contributed by atoms with Crippen LogP contribution >= 0.6 is 0 Å². The van der Waals surface area contributed by atoms with Gasteiger partial charge in [0.2, 0.25) is 0 Å². The minimum atomic E-state index is 0.943. The summed E-state index contributed by atoms with van der Waals surface area (Å²) < 4.78 is 0. The van der Waals surface area contributed by atoms with Crippen molar-refractivity contribution in [1.29, 1.82) is 0 Å². The van der Waals surface area contributed by atoms with E-state index in [1.54, 1.807) is 0 Å². The molecule has 4 atom stereocenters. The van der Waals surface area contributed by atoms with E-state index in [2.05, 4.69) is 18.7 Å². The second-order valence-electron chi connectivity index (χ2n) is 4.09. The summed E-state index contributed by atoms with van der Waals surface area (Å²) in [6.45, 7) is 7.50. The first kappa shape index (κ1) is 7.60. The lowest BCUT2D eigenvalue weighted by Crippen LogP contribution is -2.34. The predicted octanol–water partition coefficient (Wildman–Crippen LogP) is 2.13. The second-order valence-corrected chi connectivity index (χ2v) is 4.09. The van der Waals surface area contributed by atoms with Gasteiger partial charge in [-0.15, -0.1) is 0 Å². The molecule has 0 aromatic rings. The Bertz CT molecular complexity index is 128. The van der Waals surface area contributed by atoms with E-state index < -0.39 is 0 Å². The zero-order valence-electron chi connectivity index (χ0n) is 7.71. The molecule has 64 valence electrons. The van der Waals surface area contributed by atoms with Crippen LogP contribution in [0.15, 0.2) is 0 Å². The molecule has 2 saturated heterocycles. The SMILES string of the molecule is CCC1C2CCN(C2)C1CC. The zero-order chi connectivity index (χ0) is 7.84. The number of hydrogen-bond acceptors (Lipinski definition) is 1. The van der Waals surface area contributed by atoms with E-state index in [-0.39, 0.29) is 0 Å². The molecule has 2 aliphatic heterocycles. The number of hydrogen-bond donors (Lipinski definition) is 0. The summed E-state index contributed by atoms with van der Waals surface area (Å²) in [5.41, 5.74) is 0.